The van der Waals surface area contributed by atoms with Crippen molar-refractivity contribution < 1.29 is 24.5 Å². The number of carbonyl (C=O) groups excluding carboxylic acids is 1. The number of anilines is 1. The highest BCUT2D eigenvalue weighted by molar-refractivity contribution is 6.04. The minimum absolute atomic E-state index is 0.0220. The number of amides is 1. The SMILES string of the molecule is O=C(O)CN1CCc2cc(NC(=O)c3ccc(C=NN4CCOCC4)cc3)ccc2C1CCO. The van der Waals surface area contributed by atoms with E-state index in [9.17, 15) is 19.8 Å². The summed E-state index contributed by atoms with van der Waals surface area (Å²) in [6.45, 7) is 3.42. The van der Waals surface area contributed by atoms with Gasteiger partial charge in [0, 0.05) is 30.4 Å². The minimum atomic E-state index is -0.881. The van der Waals surface area contributed by atoms with Gasteiger partial charge in [0.25, 0.3) is 5.91 Å². The third-order valence-electron chi connectivity index (χ3n) is 6.14. The van der Waals surface area contributed by atoms with Gasteiger partial charge >= 0.3 is 5.97 Å². The van der Waals surface area contributed by atoms with Crippen LogP contribution in [0.1, 0.15) is 39.5 Å². The molecule has 4 rings (SSSR count). The molecule has 2 heterocycles. The molecule has 1 atom stereocenters. The predicted molar refractivity (Wildman–Crippen MR) is 128 cm³/mol. The number of hydrogen-bond acceptors (Lipinski definition) is 7. The van der Waals surface area contributed by atoms with E-state index in [4.69, 9.17) is 4.74 Å². The molecule has 0 aliphatic carbocycles. The van der Waals surface area contributed by atoms with Gasteiger partial charge in [0.2, 0.25) is 0 Å². The third kappa shape index (κ3) is 5.99. The number of aliphatic hydroxyl groups is 1. The maximum atomic E-state index is 12.8. The summed E-state index contributed by atoms with van der Waals surface area (Å²) in [5, 5.41) is 28.0. The Balaban J connectivity index is 1.40. The summed E-state index contributed by atoms with van der Waals surface area (Å²) in [6.07, 6.45) is 2.94. The smallest absolute Gasteiger partial charge is 0.317 e. The Kier molecular flexibility index (Phi) is 7.89. The van der Waals surface area contributed by atoms with Crippen LogP contribution in [0, 0.1) is 0 Å². The molecule has 0 radical (unpaired) electrons. The summed E-state index contributed by atoms with van der Waals surface area (Å²) in [7, 11) is 0. The van der Waals surface area contributed by atoms with Crippen molar-refractivity contribution in [3.8, 4) is 0 Å². The fourth-order valence-corrected chi connectivity index (χ4v) is 4.41. The first-order chi connectivity index (χ1) is 16.5. The van der Waals surface area contributed by atoms with Crippen molar-refractivity contribution in [2.75, 3.05) is 51.3 Å². The number of carbonyl (C=O) groups is 2. The van der Waals surface area contributed by atoms with Crippen LogP contribution in [-0.2, 0) is 16.0 Å². The van der Waals surface area contributed by atoms with Crippen molar-refractivity contribution in [2.45, 2.75) is 18.9 Å². The Hall–Kier alpha value is -3.27. The van der Waals surface area contributed by atoms with E-state index >= 15 is 0 Å². The number of hydrogen-bond donors (Lipinski definition) is 3. The number of ether oxygens (including phenoxy) is 1. The van der Waals surface area contributed by atoms with E-state index in [1.807, 2.05) is 40.2 Å². The molecule has 2 aliphatic rings. The zero-order chi connectivity index (χ0) is 23.9. The van der Waals surface area contributed by atoms with E-state index in [1.54, 1.807) is 18.3 Å². The summed E-state index contributed by atoms with van der Waals surface area (Å²) in [6, 6.07) is 12.8. The van der Waals surface area contributed by atoms with Gasteiger partial charge in [0.15, 0.2) is 0 Å². The Morgan fingerprint density at radius 3 is 2.59 bits per heavy atom. The molecule has 0 aromatic heterocycles. The number of benzene rings is 2. The number of fused-ring (bicyclic) bond motifs is 1. The second-order valence-corrected chi connectivity index (χ2v) is 8.44. The number of rotatable bonds is 8. The van der Waals surface area contributed by atoms with E-state index in [2.05, 4.69) is 10.4 Å². The first kappa shape index (κ1) is 23.9. The lowest BCUT2D eigenvalue weighted by Crippen LogP contribution is -2.39. The molecule has 1 saturated heterocycles. The Morgan fingerprint density at radius 2 is 1.88 bits per heavy atom. The number of aliphatic carboxylic acids is 1. The van der Waals surface area contributed by atoms with Gasteiger partial charge in [-0.15, -0.1) is 0 Å². The van der Waals surface area contributed by atoms with Gasteiger partial charge in [0.05, 0.1) is 39.1 Å². The van der Waals surface area contributed by atoms with Crippen molar-refractivity contribution in [1.29, 1.82) is 0 Å². The molecule has 2 aliphatic heterocycles. The Morgan fingerprint density at radius 1 is 1.12 bits per heavy atom. The lowest BCUT2D eigenvalue weighted by atomic mass is 9.90. The average Bonchev–Trinajstić information content (AvgIpc) is 2.85. The quantitative estimate of drug-likeness (QED) is 0.510. The molecule has 3 N–H and O–H groups in total. The Labute approximate surface area is 198 Å². The highest BCUT2D eigenvalue weighted by Gasteiger charge is 2.28. The number of nitrogens with one attached hydrogen (secondary N) is 1. The van der Waals surface area contributed by atoms with Crippen LogP contribution in [0.15, 0.2) is 47.6 Å². The monoisotopic (exact) mass is 466 g/mol. The normalized spacial score (nSPS) is 18.6. The average molecular weight is 467 g/mol. The van der Waals surface area contributed by atoms with Crippen molar-refractivity contribution in [3.05, 3.63) is 64.7 Å². The summed E-state index contributed by atoms with van der Waals surface area (Å²) in [5.41, 5.74) is 4.22. The number of morpholine rings is 1. The molecule has 0 bridgehead atoms. The molecule has 9 nitrogen and oxygen atoms in total. The van der Waals surface area contributed by atoms with Gasteiger partial charge in [-0.1, -0.05) is 18.2 Å². The molecule has 1 fully saturated rings. The van der Waals surface area contributed by atoms with Gasteiger partial charge in [-0.25, -0.2) is 0 Å². The van der Waals surface area contributed by atoms with Crippen molar-refractivity contribution in [1.82, 2.24) is 9.91 Å². The maximum absolute atomic E-state index is 12.8. The fourth-order valence-electron chi connectivity index (χ4n) is 4.41. The number of carboxylic acid groups (broad SMARTS) is 1. The molecule has 0 spiro atoms. The van der Waals surface area contributed by atoms with Crippen LogP contribution in [0.25, 0.3) is 0 Å². The summed E-state index contributed by atoms with van der Waals surface area (Å²) >= 11 is 0. The van der Waals surface area contributed by atoms with Gasteiger partial charge in [-0.3, -0.25) is 19.5 Å². The number of hydrazone groups is 1. The van der Waals surface area contributed by atoms with Crippen LogP contribution in [0.3, 0.4) is 0 Å². The van der Waals surface area contributed by atoms with E-state index in [0.717, 1.165) is 29.8 Å². The molecule has 9 heteroatoms. The number of nitrogens with zero attached hydrogens (tertiary/aromatic N) is 3. The number of carboxylic acids is 1. The molecular formula is C25H30N4O5. The topological polar surface area (TPSA) is 115 Å². The highest BCUT2D eigenvalue weighted by Crippen LogP contribution is 2.33. The van der Waals surface area contributed by atoms with Gasteiger partial charge < -0.3 is 20.3 Å². The lowest BCUT2D eigenvalue weighted by molar-refractivity contribution is -0.139. The molecule has 2 aromatic carbocycles. The van der Waals surface area contributed by atoms with E-state index < -0.39 is 5.97 Å². The maximum Gasteiger partial charge on any atom is 0.317 e. The van der Waals surface area contributed by atoms with Crippen molar-refractivity contribution in [2.24, 2.45) is 5.10 Å². The molecule has 180 valence electrons. The van der Waals surface area contributed by atoms with Gasteiger partial charge in [-0.2, -0.15) is 5.10 Å². The molecule has 34 heavy (non-hydrogen) atoms. The van der Waals surface area contributed by atoms with Crippen LogP contribution in [0.5, 0.6) is 0 Å². The summed E-state index contributed by atoms with van der Waals surface area (Å²) in [5.74, 6) is -1.08. The molecule has 2 aromatic rings. The second kappa shape index (κ2) is 11.2. The largest absolute Gasteiger partial charge is 0.480 e. The van der Waals surface area contributed by atoms with E-state index in [0.29, 0.717) is 43.9 Å². The van der Waals surface area contributed by atoms with E-state index in [-0.39, 0.29) is 25.1 Å². The van der Waals surface area contributed by atoms with Gasteiger partial charge in [0.1, 0.15) is 0 Å². The molecule has 0 saturated carbocycles. The molecule has 1 amide bonds. The van der Waals surface area contributed by atoms with Crippen LogP contribution in [0.4, 0.5) is 5.69 Å². The van der Waals surface area contributed by atoms with Crippen LogP contribution >= 0.6 is 0 Å². The zero-order valence-corrected chi connectivity index (χ0v) is 19.0. The summed E-state index contributed by atoms with van der Waals surface area (Å²) < 4.78 is 5.31. The van der Waals surface area contributed by atoms with Crippen LogP contribution in [-0.4, -0.2) is 84.2 Å². The highest BCUT2D eigenvalue weighted by atomic mass is 16.5. The summed E-state index contributed by atoms with van der Waals surface area (Å²) in [4.78, 5) is 25.8. The number of aliphatic hydroxyl groups excluding tert-OH is 1. The van der Waals surface area contributed by atoms with Crippen molar-refractivity contribution >= 4 is 23.8 Å². The Bertz CT molecular complexity index is 1030. The fraction of sp³-hybridized carbons (Fsp3) is 0.400. The lowest BCUT2D eigenvalue weighted by Gasteiger charge is -2.36. The minimum Gasteiger partial charge on any atom is -0.480 e. The molecular weight excluding hydrogens is 436 g/mol. The van der Waals surface area contributed by atoms with Crippen LogP contribution in [0.2, 0.25) is 0 Å². The van der Waals surface area contributed by atoms with Crippen molar-refractivity contribution in [3.63, 3.8) is 0 Å². The predicted octanol–water partition coefficient (Wildman–Crippen LogP) is 1.97. The first-order valence-electron chi connectivity index (χ1n) is 11.5. The first-order valence-corrected chi connectivity index (χ1v) is 11.5. The van der Waals surface area contributed by atoms with Crippen LogP contribution < -0.4 is 5.32 Å². The van der Waals surface area contributed by atoms with E-state index in [1.165, 1.54) is 0 Å². The third-order valence-corrected chi connectivity index (χ3v) is 6.14. The molecule has 1 unspecified atom stereocenters. The second-order valence-electron chi connectivity index (χ2n) is 8.44. The van der Waals surface area contributed by atoms with Gasteiger partial charge in [-0.05, 0) is 53.8 Å². The zero-order valence-electron chi connectivity index (χ0n) is 19.0. The standard InChI is InChI=1S/C25H30N4O5/c30-12-8-23-22-6-5-21(15-20(22)7-9-28(23)17-24(31)32)27-25(33)19-3-1-18(2-4-19)16-26-29-10-13-34-14-11-29/h1-6,15-16,23,30H,7-14,17H2,(H,27,33)(H,31,32).